The van der Waals surface area contributed by atoms with Crippen molar-refractivity contribution in [3.63, 3.8) is 0 Å². The van der Waals surface area contributed by atoms with Crippen molar-refractivity contribution in [2.45, 2.75) is 83.9 Å². The van der Waals surface area contributed by atoms with E-state index >= 15 is 0 Å². The highest BCUT2D eigenvalue weighted by molar-refractivity contribution is 5.90. The fourth-order valence-corrected chi connectivity index (χ4v) is 8.29. The summed E-state index contributed by atoms with van der Waals surface area (Å²) in [5.74, 6) is -0.951. The first-order valence-corrected chi connectivity index (χ1v) is 20.3. The van der Waals surface area contributed by atoms with Crippen LogP contribution in [0.5, 0.6) is 5.75 Å². The Balaban J connectivity index is 1.15. The Labute approximate surface area is 349 Å². The van der Waals surface area contributed by atoms with E-state index in [-0.39, 0.29) is 29.2 Å². The van der Waals surface area contributed by atoms with Crippen LogP contribution in [-0.2, 0) is 19.1 Å². The number of methoxy groups -OCH3 is 1. The number of likely N-dealkylation sites (tertiary alicyclic amines) is 2. The predicted octanol–water partition coefficient (Wildman–Crippen LogP) is 6.51. The fraction of sp³-hybridized carbons (Fsp3) is 0.442. The third kappa shape index (κ3) is 9.13. The zero-order chi connectivity index (χ0) is 43.7. The first kappa shape index (κ1) is 42.9. The molecule has 3 aromatic carbocycles. The lowest BCUT2D eigenvalue weighted by Gasteiger charge is -2.30. The van der Waals surface area contributed by atoms with Gasteiger partial charge in [-0.15, -0.1) is 13.2 Å². The highest BCUT2D eigenvalue weighted by Crippen LogP contribution is 2.40. The molecular weight excluding hydrogens is 798 g/mol. The minimum absolute atomic E-state index is 0.191. The molecule has 324 valence electrons. The molecule has 4 amide bonds. The van der Waals surface area contributed by atoms with E-state index in [1.165, 1.54) is 13.2 Å². The molecule has 5 aromatic rings. The van der Waals surface area contributed by atoms with E-state index < -0.39 is 54.9 Å². The fourth-order valence-electron chi connectivity index (χ4n) is 8.29. The van der Waals surface area contributed by atoms with Gasteiger partial charge in [0.25, 0.3) is 0 Å². The van der Waals surface area contributed by atoms with Crippen LogP contribution < -0.4 is 15.4 Å². The number of carbonyl (C=O) groups excluding carboxylic acids is 4. The van der Waals surface area contributed by atoms with E-state index in [0.29, 0.717) is 82.8 Å². The van der Waals surface area contributed by atoms with Crippen LogP contribution in [0, 0.1) is 11.8 Å². The Bertz CT molecular complexity index is 2450. The number of hydrogen-bond acceptors (Lipinski definition) is 9. The number of amides is 4. The molecule has 15 nitrogen and oxygen atoms in total. The highest BCUT2D eigenvalue weighted by atomic mass is 19.4. The van der Waals surface area contributed by atoms with Gasteiger partial charge in [0.05, 0.1) is 41.3 Å². The second-order valence-corrected chi connectivity index (χ2v) is 16.2. The number of aliphatic hydroxyl groups is 1. The number of ether oxygens (including phenoxy) is 2. The number of fused-ring (bicyclic) bond motifs is 2. The number of aromatic nitrogens is 4. The zero-order valence-corrected chi connectivity index (χ0v) is 34.4. The predicted molar refractivity (Wildman–Crippen MR) is 219 cm³/mol. The van der Waals surface area contributed by atoms with Crippen LogP contribution >= 0.6 is 0 Å². The number of aliphatic hydroxyl groups excluding tert-OH is 1. The van der Waals surface area contributed by atoms with Crippen molar-refractivity contribution in [2.75, 3.05) is 26.8 Å². The summed E-state index contributed by atoms with van der Waals surface area (Å²) >= 11 is 0. The van der Waals surface area contributed by atoms with Crippen molar-refractivity contribution >= 4 is 45.9 Å². The van der Waals surface area contributed by atoms with Crippen LogP contribution in [0.4, 0.5) is 18.0 Å². The van der Waals surface area contributed by atoms with Gasteiger partial charge in [-0.25, -0.2) is 14.8 Å². The summed E-state index contributed by atoms with van der Waals surface area (Å²) in [6, 6.07) is 12.5. The summed E-state index contributed by atoms with van der Waals surface area (Å²) in [6.45, 7) is 7.48. The largest absolute Gasteiger partial charge is 0.573 e. The third-order valence-electron chi connectivity index (χ3n) is 11.3. The van der Waals surface area contributed by atoms with Gasteiger partial charge in [-0.1, -0.05) is 52.0 Å². The van der Waals surface area contributed by atoms with Gasteiger partial charge in [0, 0.05) is 18.7 Å². The number of carbonyl (C=O) groups is 4. The van der Waals surface area contributed by atoms with Gasteiger partial charge in [0.2, 0.25) is 17.7 Å². The van der Waals surface area contributed by atoms with E-state index in [4.69, 9.17) is 14.7 Å². The number of alkyl carbamates (subject to hydrolysis) is 1. The molecule has 4 atom stereocenters. The maximum absolute atomic E-state index is 13.9. The number of benzene rings is 3. The maximum atomic E-state index is 13.9. The molecule has 18 heteroatoms. The van der Waals surface area contributed by atoms with Crippen molar-refractivity contribution in [3.05, 3.63) is 66.2 Å². The Morgan fingerprint density at radius 1 is 0.770 bits per heavy atom. The molecule has 4 heterocycles. The van der Waals surface area contributed by atoms with Crippen molar-refractivity contribution in [1.82, 2.24) is 40.4 Å². The Morgan fingerprint density at radius 3 is 1.77 bits per heavy atom. The van der Waals surface area contributed by atoms with Crippen LogP contribution in [0.3, 0.4) is 0 Å². The number of H-pyrrole nitrogens is 2. The molecule has 7 rings (SSSR count). The molecule has 5 N–H and O–H groups in total. The van der Waals surface area contributed by atoms with Gasteiger partial charge < -0.3 is 45.0 Å². The lowest BCUT2D eigenvalue weighted by atomic mass is 9.98. The number of hydrogen-bond donors (Lipinski definition) is 5. The molecular formula is C43H49F3N8O7. The molecule has 0 unspecified atom stereocenters. The second-order valence-electron chi connectivity index (χ2n) is 16.2. The number of imidazole rings is 2. The third-order valence-corrected chi connectivity index (χ3v) is 11.3. The van der Waals surface area contributed by atoms with Gasteiger partial charge >= 0.3 is 12.5 Å². The first-order valence-electron chi connectivity index (χ1n) is 20.3. The summed E-state index contributed by atoms with van der Waals surface area (Å²) in [4.78, 5) is 70.8. The van der Waals surface area contributed by atoms with Gasteiger partial charge in [0.15, 0.2) is 0 Å². The minimum Gasteiger partial charge on any atom is -0.453 e. The molecule has 61 heavy (non-hydrogen) atoms. The molecule has 0 aliphatic carbocycles. The van der Waals surface area contributed by atoms with Gasteiger partial charge in [-0.2, -0.15) is 0 Å². The van der Waals surface area contributed by atoms with E-state index in [2.05, 4.69) is 25.3 Å². The summed E-state index contributed by atoms with van der Waals surface area (Å²) < 4.78 is 51.2. The number of nitrogens with zero attached hydrogens (tertiary/aromatic N) is 4. The Morgan fingerprint density at radius 2 is 1.26 bits per heavy atom. The summed E-state index contributed by atoms with van der Waals surface area (Å²) in [7, 11) is 1.23. The summed E-state index contributed by atoms with van der Waals surface area (Å²) in [5.41, 5.74) is 4.02. The standard InChI is InChI=1S/C43H49F3N8O7/c1-22(2)36(51-35(56)21-55)40(57)53-16-6-8-32(53)38-47-28-14-11-24(18-30(28)49-38)25-10-13-27(34(20-25)61-43(44,45)46)26-12-15-29-31(19-26)50-39(48-29)33-9-7-17-54(33)41(58)37(23(3)4)52-42(59)60-5/h10-15,18-20,22-23,32-33,36-37,55H,6-9,16-17,21H2,1-5H3,(H,47,49)(H,48,50)(H,51,56)(H,52,59)/t32-,33-,36-,37-/m0/s1. The van der Waals surface area contributed by atoms with Crippen LogP contribution in [0.15, 0.2) is 54.6 Å². The number of rotatable bonds is 12. The zero-order valence-electron chi connectivity index (χ0n) is 34.4. The van der Waals surface area contributed by atoms with Gasteiger partial charge in [-0.3, -0.25) is 14.4 Å². The van der Waals surface area contributed by atoms with Crippen molar-refractivity contribution in [1.29, 1.82) is 0 Å². The normalized spacial score (nSPS) is 18.0. The lowest BCUT2D eigenvalue weighted by Crippen LogP contribution is -2.51. The Hall–Kier alpha value is -6.17. The van der Waals surface area contributed by atoms with Crippen molar-refractivity contribution in [3.8, 4) is 28.0 Å². The quantitative estimate of drug-likeness (QED) is 0.0930. The minimum atomic E-state index is -4.99. The first-order chi connectivity index (χ1) is 29.0. The molecule has 2 aliphatic heterocycles. The SMILES string of the molecule is COC(=O)N[C@H](C(=O)N1CCC[C@H]1c1nc2ccc(-c3ccc(-c4ccc5nc([C@@H]6CCCN6C(=O)[C@@H](NC(=O)CO)C(C)C)[nH]c5c4)cc3OC(F)(F)F)cc2[nH]1)C(C)C. The number of alkyl halides is 3. The summed E-state index contributed by atoms with van der Waals surface area (Å²) in [5, 5.41) is 14.5. The molecule has 0 radical (unpaired) electrons. The highest BCUT2D eigenvalue weighted by Gasteiger charge is 2.39. The molecule has 2 aliphatic rings. The van der Waals surface area contributed by atoms with Gasteiger partial charge in [-0.05, 0) is 84.5 Å². The number of aromatic amines is 2. The van der Waals surface area contributed by atoms with E-state index in [9.17, 15) is 37.5 Å². The monoisotopic (exact) mass is 846 g/mol. The average molecular weight is 847 g/mol. The maximum Gasteiger partial charge on any atom is 0.573 e. The van der Waals surface area contributed by atoms with Crippen LogP contribution in [0.2, 0.25) is 0 Å². The molecule has 0 saturated carbocycles. The molecule has 2 fully saturated rings. The van der Waals surface area contributed by atoms with Crippen molar-refractivity contribution in [2.24, 2.45) is 11.8 Å². The van der Waals surface area contributed by atoms with E-state index in [1.807, 2.05) is 27.7 Å². The van der Waals surface area contributed by atoms with Crippen LogP contribution in [0.25, 0.3) is 44.3 Å². The topological polar surface area (TPSA) is 195 Å². The second kappa shape index (κ2) is 17.4. The molecule has 0 bridgehead atoms. The molecule has 2 aromatic heterocycles. The smallest absolute Gasteiger partial charge is 0.453 e. The summed E-state index contributed by atoms with van der Waals surface area (Å²) in [6.07, 6.45) is -3.00. The molecule has 2 saturated heterocycles. The number of nitrogens with one attached hydrogen (secondary N) is 4. The molecule has 0 spiro atoms. The van der Waals surface area contributed by atoms with E-state index in [0.717, 1.165) is 6.42 Å². The van der Waals surface area contributed by atoms with Gasteiger partial charge in [0.1, 0.15) is 36.1 Å². The van der Waals surface area contributed by atoms with Crippen LogP contribution in [0.1, 0.15) is 77.1 Å². The number of halogens is 3. The lowest BCUT2D eigenvalue weighted by molar-refractivity contribution is -0.274. The average Bonchev–Trinajstić information content (AvgIpc) is 4.05. The Kier molecular flexibility index (Phi) is 12.3. The van der Waals surface area contributed by atoms with E-state index in [1.54, 1.807) is 58.3 Å². The van der Waals surface area contributed by atoms with Crippen LogP contribution in [-0.4, -0.2) is 104 Å². The van der Waals surface area contributed by atoms with Crippen molar-refractivity contribution < 1.29 is 46.9 Å².